The normalized spacial score (nSPS) is 16.9. The summed E-state index contributed by atoms with van der Waals surface area (Å²) in [4.78, 5) is 26.2. The maximum atomic E-state index is 12.4. The Kier molecular flexibility index (Phi) is 5.47. The number of amides is 2. The first-order valence-corrected chi connectivity index (χ1v) is 7.60. The lowest BCUT2D eigenvalue weighted by molar-refractivity contribution is -0.142. The fourth-order valence-corrected chi connectivity index (χ4v) is 2.60. The van der Waals surface area contributed by atoms with Gasteiger partial charge in [-0.15, -0.1) is 0 Å². The monoisotopic (exact) mass is 292 g/mol. The van der Waals surface area contributed by atoms with Crippen LogP contribution in [0, 0.1) is 0 Å². The lowest BCUT2D eigenvalue weighted by atomic mass is 10.0. The van der Waals surface area contributed by atoms with Gasteiger partial charge < -0.3 is 10.2 Å². The molecule has 1 N–H and O–H groups in total. The summed E-state index contributed by atoms with van der Waals surface area (Å²) in [6.07, 6.45) is 2.40. The van der Waals surface area contributed by atoms with Crippen LogP contribution in [0.25, 0.3) is 0 Å². The van der Waals surface area contributed by atoms with Gasteiger partial charge in [-0.3, -0.25) is 9.59 Å². The van der Waals surface area contributed by atoms with Gasteiger partial charge in [0, 0.05) is 25.3 Å². The second kappa shape index (κ2) is 7.33. The molecule has 1 unspecified atom stereocenters. The molecule has 2 rings (SSSR count). The van der Waals surface area contributed by atoms with E-state index >= 15 is 0 Å². The maximum absolute atomic E-state index is 12.4. The van der Waals surface area contributed by atoms with Crippen LogP contribution in [-0.2, 0) is 9.59 Å². The van der Waals surface area contributed by atoms with Crippen LogP contribution in [0.5, 0.6) is 0 Å². The smallest absolute Gasteiger partial charge is 0.247 e. The molecule has 1 aliphatic rings. The number of carbonyl (C=O) groups is 2. The van der Waals surface area contributed by atoms with E-state index in [0.29, 0.717) is 25.3 Å². The summed E-state index contributed by atoms with van der Waals surface area (Å²) in [7, 11) is 0. The minimum absolute atomic E-state index is 0.0612. The Morgan fingerprint density at radius 2 is 2.05 bits per heavy atom. The number of nitrogens with zero attached hydrogens (tertiary/aromatic N) is 1. The van der Waals surface area contributed by atoms with Crippen molar-refractivity contribution in [2.75, 3.05) is 18.8 Å². The molecule has 1 heterocycles. The number of hydrogen-bond donors (Lipinski definition) is 2. The third-order valence-corrected chi connectivity index (χ3v) is 3.67. The molecule has 20 heavy (non-hydrogen) atoms. The highest BCUT2D eigenvalue weighted by molar-refractivity contribution is 7.80. The van der Waals surface area contributed by atoms with Gasteiger partial charge in [-0.2, -0.15) is 12.6 Å². The summed E-state index contributed by atoms with van der Waals surface area (Å²) in [5.74, 6) is 0.521. The van der Waals surface area contributed by atoms with Gasteiger partial charge >= 0.3 is 0 Å². The van der Waals surface area contributed by atoms with E-state index in [9.17, 15) is 9.59 Å². The molecule has 2 amide bonds. The summed E-state index contributed by atoms with van der Waals surface area (Å²) in [6, 6.07) is 8.96. The Hall–Kier alpha value is -1.49. The van der Waals surface area contributed by atoms with E-state index in [1.807, 2.05) is 30.3 Å². The molecule has 0 radical (unpaired) electrons. The van der Waals surface area contributed by atoms with Gasteiger partial charge in [0.05, 0.1) is 0 Å². The van der Waals surface area contributed by atoms with Crippen LogP contribution in [0.4, 0.5) is 0 Å². The second-order valence-corrected chi connectivity index (χ2v) is 5.32. The van der Waals surface area contributed by atoms with Gasteiger partial charge in [-0.1, -0.05) is 30.3 Å². The van der Waals surface area contributed by atoms with E-state index in [1.54, 1.807) is 4.90 Å². The van der Waals surface area contributed by atoms with Gasteiger partial charge in [0.15, 0.2) is 0 Å². The molecule has 1 fully saturated rings. The van der Waals surface area contributed by atoms with Crippen LogP contribution in [0.15, 0.2) is 30.3 Å². The number of likely N-dealkylation sites (tertiary alicyclic amines) is 1. The third-order valence-electron chi connectivity index (χ3n) is 3.45. The maximum Gasteiger partial charge on any atom is 0.247 e. The van der Waals surface area contributed by atoms with Gasteiger partial charge in [0.2, 0.25) is 11.8 Å². The van der Waals surface area contributed by atoms with Crippen molar-refractivity contribution < 1.29 is 9.59 Å². The van der Waals surface area contributed by atoms with E-state index in [-0.39, 0.29) is 11.8 Å². The quantitative estimate of drug-likeness (QED) is 0.813. The summed E-state index contributed by atoms with van der Waals surface area (Å²) in [5.41, 5.74) is 0.861. The topological polar surface area (TPSA) is 49.4 Å². The second-order valence-electron chi connectivity index (χ2n) is 4.87. The van der Waals surface area contributed by atoms with Crippen molar-refractivity contribution in [3.63, 3.8) is 0 Å². The molecular formula is C15H20N2O2S. The molecule has 0 aliphatic carbocycles. The lowest BCUT2D eigenvalue weighted by Gasteiger charge is -2.34. The summed E-state index contributed by atoms with van der Waals surface area (Å²) in [5, 5.41) is 2.84. The first kappa shape index (κ1) is 14.9. The average Bonchev–Trinajstić information content (AvgIpc) is 2.48. The number of rotatable bonds is 5. The predicted molar refractivity (Wildman–Crippen MR) is 81.6 cm³/mol. The van der Waals surface area contributed by atoms with Gasteiger partial charge in [-0.05, 0) is 18.4 Å². The molecule has 1 aliphatic heterocycles. The molecule has 4 nitrogen and oxygen atoms in total. The van der Waals surface area contributed by atoms with Gasteiger partial charge in [-0.25, -0.2) is 0 Å². The zero-order valence-electron chi connectivity index (χ0n) is 11.4. The lowest BCUT2D eigenvalue weighted by Crippen LogP contribution is -2.46. The molecule has 0 bridgehead atoms. The van der Waals surface area contributed by atoms with Crippen molar-refractivity contribution >= 4 is 24.4 Å². The third kappa shape index (κ3) is 3.54. The average molecular weight is 292 g/mol. The first-order chi connectivity index (χ1) is 9.74. The Balaban J connectivity index is 2.23. The number of nitrogens with one attached hydrogen (secondary N) is 1. The van der Waals surface area contributed by atoms with Gasteiger partial charge in [0.25, 0.3) is 0 Å². The highest BCUT2D eigenvalue weighted by Crippen LogP contribution is 2.25. The number of hydrogen-bond acceptors (Lipinski definition) is 3. The Morgan fingerprint density at radius 1 is 1.30 bits per heavy atom. The zero-order chi connectivity index (χ0) is 14.4. The van der Waals surface area contributed by atoms with Crippen LogP contribution < -0.4 is 5.32 Å². The molecule has 108 valence electrons. The molecule has 1 aromatic rings. The fourth-order valence-electron chi connectivity index (χ4n) is 2.48. The van der Waals surface area contributed by atoms with E-state index < -0.39 is 6.04 Å². The minimum Gasteiger partial charge on any atom is -0.353 e. The molecule has 0 aromatic heterocycles. The Morgan fingerprint density at radius 3 is 2.70 bits per heavy atom. The Bertz CT molecular complexity index is 464. The molecule has 0 spiro atoms. The van der Waals surface area contributed by atoms with E-state index in [2.05, 4.69) is 17.9 Å². The first-order valence-electron chi connectivity index (χ1n) is 6.97. The van der Waals surface area contributed by atoms with E-state index in [0.717, 1.165) is 18.4 Å². The molecular weight excluding hydrogens is 272 g/mol. The van der Waals surface area contributed by atoms with Crippen LogP contribution >= 0.6 is 12.6 Å². The summed E-state index contributed by atoms with van der Waals surface area (Å²) < 4.78 is 0. The molecule has 1 saturated heterocycles. The number of piperidine rings is 1. The van der Waals surface area contributed by atoms with Crippen molar-refractivity contribution in [1.29, 1.82) is 0 Å². The van der Waals surface area contributed by atoms with Crippen LogP contribution in [0.3, 0.4) is 0 Å². The SMILES string of the molecule is O=C(NCCS)C(c1ccccc1)N1CCCCC1=O. The van der Waals surface area contributed by atoms with Crippen LogP contribution in [0.2, 0.25) is 0 Å². The van der Waals surface area contributed by atoms with Crippen LogP contribution in [0.1, 0.15) is 30.9 Å². The Labute approximate surface area is 124 Å². The van der Waals surface area contributed by atoms with Crippen molar-refractivity contribution in [3.05, 3.63) is 35.9 Å². The number of benzene rings is 1. The fraction of sp³-hybridized carbons (Fsp3) is 0.467. The number of carbonyl (C=O) groups excluding carboxylic acids is 2. The van der Waals surface area contributed by atoms with Crippen molar-refractivity contribution in [1.82, 2.24) is 10.2 Å². The van der Waals surface area contributed by atoms with Crippen molar-refractivity contribution in [3.8, 4) is 0 Å². The molecule has 5 heteroatoms. The molecule has 1 atom stereocenters. The molecule has 0 saturated carbocycles. The molecule has 1 aromatic carbocycles. The van der Waals surface area contributed by atoms with Gasteiger partial charge in [0.1, 0.15) is 6.04 Å². The summed E-state index contributed by atoms with van der Waals surface area (Å²) >= 11 is 4.10. The summed E-state index contributed by atoms with van der Waals surface area (Å²) in [6.45, 7) is 1.15. The van der Waals surface area contributed by atoms with Crippen molar-refractivity contribution in [2.24, 2.45) is 0 Å². The zero-order valence-corrected chi connectivity index (χ0v) is 12.3. The van der Waals surface area contributed by atoms with E-state index in [1.165, 1.54) is 0 Å². The predicted octanol–water partition coefficient (Wildman–Crippen LogP) is 1.79. The van der Waals surface area contributed by atoms with E-state index in [4.69, 9.17) is 0 Å². The highest BCUT2D eigenvalue weighted by atomic mass is 32.1. The highest BCUT2D eigenvalue weighted by Gasteiger charge is 2.32. The largest absolute Gasteiger partial charge is 0.353 e. The number of thiol groups is 1. The van der Waals surface area contributed by atoms with Crippen LogP contribution in [-0.4, -0.2) is 35.6 Å². The van der Waals surface area contributed by atoms with Crippen molar-refractivity contribution in [2.45, 2.75) is 25.3 Å². The standard InChI is InChI=1S/C15H20N2O2S/c18-13-8-4-5-10-17(13)14(15(19)16-9-11-20)12-6-2-1-3-7-12/h1-3,6-7,14,20H,4-5,8-11H2,(H,16,19). The minimum atomic E-state index is -0.524.